The number of carbonyl (C=O) groups excluding carboxylic acids is 1. The van der Waals surface area contributed by atoms with Gasteiger partial charge in [-0.05, 0) is 48.9 Å². The fourth-order valence-electron chi connectivity index (χ4n) is 2.88. The number of halogens is 2. The van der Waals surface area contributed by atoms with Crippen molar-refractivity contribution in [3.63, 3.8) is 0 Å². The van der Waals surface area contributed by atoms with Gasteiger partial charge in [0.05, 0.1) is 11.6 Å². The molecule has 0 heterocycles. The zero-order valence-corrected chi connectivity index (χ0v) is 16.8. The maximum atomic E-state index is 13.3. The fourth-order valence-corrected chi connectivity index (χ4v) is 3.05. The van der Waals surface area contributed by atoms with Crippen LogP contribution in [0.2, 0.25) is 5.02 Å². The number of rotatable bonds is 7. The van der Waals surface area contributed by atoms with Crippen LogP contribution in [0.15, 0.2) is 66.7 Å². The molecule has 2 N–H and O–H groups in total. The van der Waals surface area contributed by atoms with E-state index in [1.165, 1.54) is 30.3 Å². The molecule has 3 rings (SSSR count). The molecule has 3 aromatic carbocycles. The van der Waals surface area contributed by atoms with E-state index in [0.29, 0.717) is 21.9 Å². The molecule has 7 heteroatoms. The van der Waals surface area contributed by atoms with Crippen molar-refractivity contribution in [3.05, 3.63) is 99.8 Å². The molecule has 0 saturated carbocycles. The first-order chi connectivity index (χ1) is 14.3. The van der Waals surface area contributed by atoms with Crippen LogP contribution < -0.4 is 10.1 Å². The lowest BCUT2D eigenvalue weighted by Crippen LogP contribution is -2.27. The predicted molar refractivity (Wildman–Crippen MR) is 111 cm³/mol. The number of carboxylic acid groups (broad SMARTS) is 1. The van der Waals surface area contributed by atoms with E-state index in [9.17, 15) is 14.0 Å². The maximum Gasteiger partial charge on any atom is 0.335 e. The van der Waals surface area contributed by atoms with Crippen molar-refractivity contribution in [1.82, 2.24) is 5.32 Å². The van der Waals surface area contributed by atoms with Gasteiger partial charge in [0, 0.05) is 22.2 Å². The smallest absolute Gasteiger partial charge is 0.335 e. The average Bonchev–Trinajstić information content (AvgIpc) is 2.72. The van der Waals surface area contributed by atoms with Crippen molar-refractivity contribution < 1.29 is 23.8 Å². The Balaban J connectivity index is 1.74. The van der Waals surface area contributed by atoms with Crippen molar-refractivity contribution in [1.29, 1.82) is 0 Å². The summed E-state index contributed by atoms with van der Waals surface area (Å²) in [5.74, 6) is -1.43. The third-order valence-electron chi connectivity index (χ3n) is 4.51. The molecular weight excluding hydrogens is 409 g/mol. The lowest BCUT2D eigenvalue weighted by molar-refractivity contribution is 0.0696. The molecule has 0 spiro atoms. The van der Waals surface area contributed by atoms with Gasteiger partial charge in [0.15, 0.2) is 0 Å². The van der Waals surface area contributed by atoms with E-state index in [1.54, 1.807) is 43.3 Å². The van der Waals surface area contributed by atoms with Crippen LogP contribution in [-0.2, 0) is 6.61 Å². The van der Waals surface area contributed by atoms with E-state index in [4.69, 9.17) is 21.4 Å². The number of aromatic carboxylic acids is 1. The van der Waals surface area contributed by atoms with Crippen molar-refractivity contribution >= 4 is 23.5 Å². The Morgan fingerprint density at radius 1 is 1.10 bits per heavy atom. The highest BCUT2D eigenvalue weighted by atomic mass is 35.5. The summed E-state index contributed by atoms with van der Waals surface area (Å²) in [5, 5.41) is 12.3. The first-order valence-electron chi connectivity index (χ1n) is 9.14. The van der Waals surface area contributed by atoms with Crippen LogP contribution in [0.4, 0.5) is 4.39 Å². The highest BCUT2D eigenvalue weighted by Gasteiger charge is 2.16. The number of hydrogen-bond donors (Lipinski definition) is 2. The molecule has 1 amide bonds. The summed E-state index contributed by atoms with van der Waals surface area (Å²) >= 11 is 6.07. The van der Waals surface area contributed by atoms with E-state index in [2.05, 4.69) is 5.32 Å². The summed E-state index contributed by atoms with van der Waals surface area (Å²) in [4.78, 5) is 23.8. The standard InChI is InChI=1S/C23H19ClFNO4/c1-14(15-5-7-16(8-6-15)23(28)29)26-22(27)21-11-18(24)10-9-17(21)13-30-20-4-2-3-19(25)12-20/h2-12,14H,13H2,1H3,(H,26,27)(H,28,29). The molecule has 154 valence electrons. The minimum Gasteiger partial charge on any atom is -0.489 e. The number of benzene rings is 3. The molecule has 0 bridgehead atoms. The number of amides is 1. The van der Waals surface area contributed by atoms with E-state index < -0.39 is 11.8 Å². The highest BCUT2D eigenvalue weighted by Crippen LogP contribution is 2.21. The Hall–Kier alpha value is -3.38. The minimum atomic E-state index is -1.01. The lowest BCUT2D eigenvalue weighted by Gasteiger charge is -2.17. The molecule has 5 nitrogen and oxygen atoms in total. The molecule has 0 aliphatic heterocycles. The van der Waals surface area contributed by atoms with Gasteiger partial charge in [-0.15, -0.1) is 0 Å². The van der Waals surface area contributed by atoms with Crippen molar-refractivity contribution in [2.24, 2.45) is 0 Å². The van der Waals surface area contributed by atoms with Gasteiger partial charge in [-0.3, -0.25) is 4.79 Å². The molecule has 0 radical (unpaired) electrons. The van der Waals surface area contributed by atoms with Crippen LogP contribution in [-0.4, -0.2) is 17.0 Å². The Labute approximate surface area is 178 Å². The van der Waals surface area contributed by atoms with Crippen LogP contribution in [0.1, 0.15) is 44.8 Å². The molecular formula is C23H19ClFNO4. The second-order valence-corrected chi connectivity index (χ2v) is 7.11. The Bertz CT molecular complexity index is 1070. The minimum absolute atomic E-state index is 0.0606. The van der Waals surface area contributed by atoms with Crippen LogP contribution in [0.3, 0.4) is 0 Å². The van der Waals surface area contributed by atoms with Gasteiger partial charge < -0.3 is 15.2 Å². The Morgan fingerprint density at radius 3 is 2.50 bits per heavy atom. The first kappa shape index (κ1) is 21.3. The van der Waals surface area contributed by atoms with Gasteiger partial charge in [-0.25, -0.2) is 9.18 Å². The van der Waals surface area contributed by atoms with Gasteiger partial charge >= 0.3 is 5.97 Å². The van der Waals surface area contributed by atoms with Crippen LogP contribution in [0.25, 0.3) is 0 Å². The summed E-state index contributed by atoms with van der Waals surface area (Å²) in [5.41, 5.74) is 1.86. The van der Waals surface area contributed by atoms with Gasteiger partial charge in [-0.1, -0.05) is 35.9 Å². The van der Waals surface area contributed by atoms with E-state index in [1.807, 2.05) is 0 Å². The van der Waals surface area contributed by atoms with Gasteiger partial charge in [0.1, 0.15) is 18.2 Å². The topological polar surface area (TPSA) is 75.6 Å². The molecule has 0 fully saturated rings. The lowest BCUT2D eigenvalue weighted by atomic mass is 10.0. The Kier molecular flexibility index (Phi) is 6.69. The number of carbonyl (C=O) groups is 2. The normalized spacial score (nSPS) is 11.6. The fraction of sp³-hybridized carbons (Fsp3) is 0.130. The molecule has 0 saturated heterocycles. The largest absolute Gasteiger partial charge is 0.489 e. The zero-order valence-electron chi connectivity index (χ0n) is 16.1. The number of nitrogens with one attached hydrogen (secondary N) is 1. The summed E-state index contributed by atoms with van der Waals surface area (Å²) in [6.45, 7) is 1.85. The van der Waals surface area contributed by atoms with Gasteiger partial charge in [0.2, 0.25) is 0 Å². The number of hydrogen-bond acceptors (Lipinski definition) is 3. The first-order valence-corrected chi connectivity index (χ1v) is 9.52. The second-order valence-electron chi connectivity index (χ2n) is 6.67. The van der Waals surface area contributed by atoms with E-state index in [-0.39, 0.29) is 24.1 Å². The molecule has 0 aliphatic carbocycles. The average molecular weight is 428 g/mol. The summed E-state index contributed by atoms with van der Waals surface area (Å²) in [6, 6.07) is 16.5. The zero-order chi connectivity index (χ0) is 21.7. The van der Waals surface area contributed by atoms with Crippen LogP contribution in [0.5, 0.6) is 5.75 Å². The molecule has 0 aromatic heterocycles. The summed E-state index contributed by atoms with van der Waals surface area (Å²) in [6.07, 6.45) is 0. The quantitative estimate of drug-likeness (QED) is 0.540. The Morgan fingerprint density at radius 2 is 1.83 bits per heavy atom. The molecule has 3 aromatic rings. The third-order valence-corrected chi connectivity index (χ3v) is 4.75. The number of carboxylic acids is 1. The van der Waals surface area contributed by atoms with Crippen molar-refractivity contribution in [2.75, 3.05) is 0 Å². The molecule has 0 aliphatic rings. The summed E-state index contributed by atoms with van der Waals surface area (Å²) in [7, 11) is 0. The molecule has 30 heavy (non-hydrogen) atoms. The maximum absolute atomic E-state index is 13.3. The SMILES string of the molecule is CC(NC(=O)c1cc(Cl)ccc1COc1cccc(F)c1)c1ccc(C(=O)O)cc1. The molecule has 1 unspecified atom stereocenters. The van der Waals surface area contributed by atoms with E-state index in [0.717, 1.165) is 5.56 Å². The third kappa shape index (κ3) is 5.36. The van der Waals surface area contributed by atoms with Gasteiger partial charge in [0.25, 0.3) is 5.91 Å². The van der Waals surface area contributed by atoms with E-state index >= 15 is 0 Å². The van der Waals surface area contributed by atoms with Crippen LogP contribution in [0, 0.1) is 5.82 Å². The van der Waals surface area contributed by atoms with Crippen molar-refractivity contribution in [3.8, 4) is 5.75 Å². The summed E-state index contributed by atoms with van der Waals surface area (Å²) < 4.78 is 18.9. The van der Waals surface area contributed by atoms with Crippen molar-refractivity contribution in [2.45, 2.75) is 19.6 Å². The highest BCUT2D eigenvalue weighted by molar-refractivity contribution is 6.31. The van der Waals surface area contributed by atoms with Crippen LogP contribution >= 0.6 is 11.6 Å². The monoisotopic (exact) mass is 427 g/mol. The second kappa shape index (κ2) is 9.41. The van der Waals surface area contributed by atoms with Gasteiger partial charge in [-0.2, -0.15) is 0 Å². The molecule has 1 atom stereocenters. The predicted octanol–water partition coefficient (Wildman–Crippen LogP) is 5.25. The number of ether oxygens (including phenoxy) is 1.